The van der Waals surface area contributed by atoms with Gasteiger partial charge >= 0.3 is 12.0 Å². The zero-order chi connectivity index (χ0) is 7.56. The van der Waals surface area contributed by atoms with Crippen LogP contribution in [0.15, 0.2) is 4.42 Å². The van der Waals surface area contributed by atoms with Gasteiger partial charge in [-0.2, -0.15) is 0 Å². The van der Waals surface area contributed by atoms with Crippen LogP contribution in [0.25, 0.3) is 0 Å². The van der Waals surface area contributed by atoms with Gasteiger partial charge < -0.3 is 15.3 Å². The number of nitrogens with zero attached hydrogens (tertiary/aromatic N) is 2. The fourth-order valence-corrected chi connectivity index (χ4v) is 0.467. The van der Waals surface area contributed by atoms with Crippen LogP contribution in [-0.2, 0) is 11.2 Å². The normalized spacial score (nSPS) is 9.60. The lowest BCUT2D eigenvalue weighted by molar-refractivity contribution is -0.136. The van der Waals surface area contributed by atoms with Crippen molar-refractivity contribution in [3.8, 4) is 0 Å². The Bertz CT molecular complexity index is 244. The van der Waals surface area contributed by atoms with E-state index < -0.39 is 5.97 Å². The van der Waals surface area contributed by atoms with E-state index in [1.165, 1.54) is 0 Å². The predicted molar refractivity (Wildman–Crippen MR) is 30.1 cm³/mol. The summed E-state index contributed by atoms with van der Waals surface area (Å²) in [6, 6.07) is -0.115. The van der Waals surface area contributed by atoms with E-state index in [-0.39, 0.29) is 18.3 Å². The number of anilines is 1. The summed E-state index contributed by atoms with van der Waals surface area (Å²) in [7, 11) is 0. The van der Waals surface area contributed by atoms with Crippen molar-refractivity contribution in [2.45, 2.75) is 6.42 Å². The van der Waals surface area contributed by atoms with Gasteiger partial charge in [0.05, 0.1) is 0 Å². The summed E-state index contributed by atoms with van der Waals surface area (Å²) >= 11 is 0. The third-order valence-corrected chi connectivity index (χ3v) is 0.785. The number of aliphatic carboxylic acids is 1. The highest BCUT2D eigenvalue weighted by molar-refractivity contribution is 5.68. The van der Waals surface area contributed by atoms with Gasteiger partial charge in [0.15, 0.2) is 0 Å². The third-order valence-electron chi connectivity index (χ3n) is 0.785. The molecule has 0 amide bonds. The van der Waals surface area contributed by atoms with E-state index in [9.17, 15) is 4.79 Å². The van der Waals surface area contributed by atoms with E-state index in [0.717, 1.165) is 0 Å². The molecule has 0 aliphatic carbocycles. The Labute approximate surface area is 55.7 Å². The molecule has 0 fully saturated rings. The Kier molecular flexibility index (Phi) is 1.53. The maximum absolute atomic E-state index is 10.0. The van der Waals surface area contributed by atoms with Crippen LogP contribution in [0.5, 0.6) is 0 Å². The lowest BCUT2D eigenvalue weighted by Crippen LogP contribution is -1.99. The summed E-state index contributed by atoms with van der Waals surface area (Å²) < 4.78 is 4.57. The molecule has 0 aromatic carbocycles. The molecule has 0 atom stereocenters. The van der Waals surface area contributed by atoms with Crippen molar-refractivity contribution in [3.05, 3.63) is 5.89 Å². The molecule has 0 saturated carbocycles. The quantitative estimate of drug-likeness (QED) is 0.566. The van der Waals surface area contributed by atoms with Crippen molar-refractivity contribution >= 4 is 12.0 Å². The number of rotatable bonds is 2. The summed E-state index contributed by atoms with van der Waals surface area (Å²) in [6.07, 6.45) is -0.288. The molecule has 1 rings (SSSR count). The summed E-state index contributed by atoms with van der Waals surface area (Å²) in [5.74, 6) is -1.01. The number of hydrogen-bond acceptors (Lipinski definition) is 5. The van der Waals surface area contributed by atoms with Crippen LogP contribution < -0.4 is 5.73 Å². The van der Waals surface area contributed by atoms with E-state index in [4.69, 9.17) is 10.8 Å². The maximum Gasteiger partial charge on any atom is 0.312 e. The first kappa shape index (κ1) is 6.53. The second-order valence-electron chi connectivity index (χ2n) is 1.60. The van der Waals surface area contributed by atoms with Crippen molar-refractivity contribution < 1.29 is 14.3 Å². The molecular weight excluding hydrogens is 138 g/mol. The van der Waals surface area contributed by atoms with Crippen molar-refractivity contribution in [3.63, 3.8) is 0 Å². The maximum atomic E-state index is 10.0. The lowest BCUT2D eigenvalue weighted by Gasteiger charge is -1.83. The minimum atomic E-state index is -1.02. The summed E-state index contributed by atoms with van der Waals surface area (Å²) in [5.41, 5.74) is 5.02. The topological polar surface area (TPSA) is 102 Å². The van der Waals surface area contributed by atoms with Crippen molar-refractivity contribution in [1.29, 1.82) is 0 Å². The largest absolute Gasteiger partial charge is 0.481 e. The molecule has 0 bridgehead atoms. The van der Waals surface area contributed by atoms with Gasteiger partial charge in [-0.25, -0.2) is 0 Å². The van der Waals surface area contributed by atoms with Crippen LogP contribution in [0.2, 0.25) is 0 Å². The van der Waals surface area contributed by atoms with Crippen molar-refractivity contribution in [1.82, 2.24) is 10.2 Å². The highest BCUT2D eigenvalue weighted by Crippen LogP contribution is 2.00. The molecule has 54 valence electrons. The van der Waals surface area contributed by atoms with Crippen LogP contribution >= 0.6 is 0 Å². The minimum Gasteiger partial charge on any atom is -0.481 e. The lowest BCUT2D eigenvalue weighted by atomic mass is 10.4. The molecule has 0 aliphatic heterocycles. The first-order chi connectivity index (χ1) is 4.68. The average molecular weight is 143 g/mol. The van der Waals surface area contributed by atoms with E-state index in [0.29, 0.717) is 0 Å². The molecule has 1 aromatic heterocycles. The number of carbonyl (C=O) groups is 1. The fraction of sp³-hybridized carbons (Fsp3) is 0.250. The molecular formula is C4H5N3O3. The molecule has 6 nitrogen and oxygen atoms in total. The smallest absolute Gasteiger partial charge is 0.312 e. The fourth-order valence-electron chi connectivity index (χ4n) is 0.467. The highest BCUT2D eigenvalue weighted by Gasteiger charge is 2.06. The van der Waals surface area contributed by atoms with Gasteiger partial charge in [-0.05, 0) is 0 Å². The Morgan fingerprint density at radius 2 is 2.40 bits per heavy atom. The predicted octanol–water partition coefficient (Wildman–Crippen LogP) is -0.721. The van der Waals surface area contributed by atoms with Gasteiger partial charge in [-0.3, -0.25) is 4.79 Å². The van der Waals surface area contributed by atoms with Gasteiger partial charge in [0.2, 0.25) is 5.89 Å². The van der Waals surface area contributed by atoms with Crippen molar-refractivity contribution in [2.24, 2.45) is 0 Å². The summed E-state index contributed by atoms with van der Waals surface area (Å²) in [4.78, 5) is 10.0. The Morgan fingerprint density at radius 3 is 2.80 bits per heavy atom. The number of hydrogen-bond donors (Lipinski definition) is 2. The van der Waals surface area contributed by atoms with Crippen LogP contribution in [0, 0.1) is 0 Å². The van der Waals surface area contributed by atoms with E-state index in [1.54, 1.807) is 0 Å². The molecule has 0 saturated heterocycles. The Balaban J connectivity index is 2.67. The van der Waals surface area contributed by atoms with E-state index >= 15 is 0 Å². The molecule has 10 heavy (non-hydrogen) atoms. The van der Waals surface area contributed by atoms with Crippen molar-refractivity contribution in [2.75, 3.05) is 5.73 Å². The zero-order valence-corrected chi connectivity index (χ0v) is 4.94. The number of nitrogen functional groups attached to an aromatic ring is 1. The van der Waals surface area contributed by atoms with Gasteiger partial charge in [-0.15, -0.1) is 5.10 Å². The van der Waals surface area contributed by atoms with Gasteiger partial charge in [-0.1, -0.05) is 5.10 Å². The summed E-state index contributed by atoms with van der Waals surface area (Å²) in [6.45, 7) is 0. The number of aromatic nitrogens is 2. The zero-order valence-electron chi connectivity index (χ0n) is 4.94. The van der Waals surface area contributed by atoms with Crippen LogP contribution in [-0.4, -0.2) is 21.3 Å². The molecule has 0 spiro atoms. The van der Waals surface area contributed by atoms with Crippen LogP contribution in [0.4, 0.5) is 6.01 Å². The molecule has 0 aliphatic rings. The Morgan fingerprint density at radius 1 is 1.70 bits per heavy atom. The minimum absolute atomic E-state index is 0.0185. The average Bonchev–Trinajstić information content (AvgIpc) is 2.13. The SMILES string of the molecule is Nc1nnc(CC(=O)O)o1. The van der Waals surface area contributed by atoms with E-state index in [1.807, 2.05) is 0 Å². The Hall–Kier alpha value is -1.59. The van der Waals surface area contributed by atoms with Crippen LogP contribution in [0.1, 0.15) is 5.89 Å². The second kappa shape index (κ2) is 2.34. The van der Waals surface area contributed by atoms with Crippen LogP contribution in [0.3, 0.4) is 0 Å². The molecule has 6 heteroatoms. The first-order valence-electron chi connectivity index (χ1n) is 2.48. The molecule has 1 heterocycles. The van der Waals surface area contributed by atoms with Gasteiger partial charge in [0.25, 0.3) is 0 Å². The molecule has 1 aromatic rings. The highest BCUT2D eigenvalue weighted by atomic mass is 16.4. The monoisotopic (exact) mass is 143 g/mol. The van der Waals surface area contributed by atoms with E-state index in [2.05, 4.69) is 14.6 Å². The van der Waals surface area contributed by atoms with Gasteiger partial charge in [0, 0.05) is 0 Å². The molecule has 0 radical (unpaired) electrons. The standard InChI is InChI=1S/C4H5N3O3/c5-4-7-6-2(10-4)1-3(8)9/h1H2,(H2,5,7)(H,8,9). The number of carboxylic acids is 1. The first-order valence-corrected chi connectivity index (χ1v) is 2.48. The number of nitrogens with two attached hydrogens (primary N) is 1. The molecule has 0 unspecified atom stereocenters. The number of carboxylic acid groups (broad SMARTS) is 1. The van der Waals surface area contributed by atoms with Gasteiger partial charge in [0.1, 0.15) is 6.42 Å². The third kappa shape index (κ3) is 1.44. The summed E-state index contributed by atoms with van der Waals surface area (Å²) in [5, 5.41) is 14.8. The second-order valence-corrected chi connectivity index (χ2v) is 1.60. The molecule has 3 N–H and O–H groups in total.